The zero-order valence-electron chi connectivity index (χ0n) is 9.32. The maximum atomic E-state index is 9.63. The SMILES string of the molecule is CC(O)CN(C(C)O)C1CCCCC1. The summed E-state index contributed by atoms with van der Waals surface area (Å²) in [6.45, 7) is 4.15. The first-order valence-corrected chi connectivity index (χ1v) is 5.73. The number of nitrogens with zero attached hydrogens (tertiary/aromatic N) is 1. The quantitative estimate of drug-likeness (QED) is 0.675. The summed E-state index contributed by atoms with van der Waals surface area (Å²) in [5, 5.41) is 19.0. The Bertz CT molecular complexity index is 153. The highest BCUT2D eigenvalue weighted by Crippen LogP contribution is 2.23. The van der Waals surface area contributed by atoms with Gasteiger partial charge in [-0.1, -0.05) is 19.3 Å². The van der Waals surface area contributed by atoms with E-state index in [1.807, 2.05) is 4.90 Å². The van der Waals surface area contributed by atoms with E-state index >= 15 is 0 Å². The first kappa shape index (κ1) is 12.0. The third kappa shape index (κ3) is 3.56. The molecule has 0 heterocycles. The van der Waals surface area contributed by atoms with Gasteiger partial charge in [0.2, 0.25) is 0 Å². The number of hydrogen-bond acceptors (Lipinski definition) is 3. The Kier molecular flexibility index (Phi) is 4.85. The molecule has 0 aromatic rings. The van der Waals surface area contributed by atoms with Crippen molar-refractivity contribution in [2.24, 2.45) is 0 Å². The van der Waals surface area contributed by atoms with Crippen LogP contribution in [-0.4, -0.2) is 40.0 Å². The van der Waals surface area contributed by atoms with Gasteiger partial charge in [0, 0.05) is 12.6 Å². The molecule has 0 spiro atoms. The molecular weight excluding hydrogens is 178 g/mol. The summed E-state index contributed by atoms with van der Waals surface area (Å²) in [6, 6.07) is 0.471. The van der Waals surface area contributed by atoms with Crippen molar-refractivity contribution in [3.05, 3.63) is 0 Å². The van der Waals surface area contributed by atoms with E-state index in [0.717, 1.165) is 12.8 Å². The van der Waals surface area contributed by atoms with Crippen molar-refractivity contribution in [1.82, 2.24) is 4.90 Å². The molecule has 2 unspecified atom stereocenters. The lowest BCUT2D eigenvalue weighted by Gasteiger charge is -2.36. The highest BCUT2D eigenvalue weighted by atomic mass is 16.3. The van der Waals surface area contributed by atoms with E-state index in [0.29, 0.717) is 12.6 Å². The Morgan fingerprint density at radius 2 is 1.71 bits per heavy atom. The van der Waals surface area contributed by atoms with Crippen LogP contribution in [0.5, 0.6) is 0 Å². The van der Waals surface area contributed by atoms with Crippen molar-refractivity contribution < 1.29 is 10.2 Å². The zero-order chi connectivity index (χ0) is 10.6. The Hall–Kier alpha value is -0.120. The molecule has 1 rings (SSSR count). The van der Waals surface area contributed by atoms with Crippen LogP contribution in [-0.2, 0) is 0 Å². The van der Waals surface area contributed by atoms with Gasteiger partial charge in [-0.25, -0.2) is 0 Å². The predicted molar refractivity (Wildman–Crippen MR) is 56.9 cm³/mol. The van der Waals surface area contributed by atoms with Crippen LogP contribution in [0.2, 0.25) is 0 Å². The lowest BCUT2D eigenvalue weighted by atomic mass is 9.94. The highest BCUT2D eigenvalue weighted by Gasteiger charge is 2.24. The molecule has 1 fully saturated rings. The first-order valence-electron chi connectivity index (χ1n) is 5.73. The summed E-state index contributed by atoms with van der Waals surface area (Å²) < 4.78 is 0. The van der Waals surface area contributed by atoms with Gasteiger partial charge in [0.15, 0.2) is 0 Å². The van der Waals surface area contributed by atoms with Gasteiger partial charge in [0.1, 0.15) is 6.23 Å². The fourth-order valence-electron chi connectivity index (χ4n) is 2.32. The molecule has 2 atom stereocenters. The highest BCUT2D eigenvalue weighted by molar-refractivity contribution is 4.77. The molecule has 14 heavy (non-hydrogen) atoms. The molecule has 84 valence electrons. The molecule has 0 amide bonds. The molecule has 0 aromatic heterocycles. The monoisotopic (exact) mass is 201 g/mol. The minimum absolute atomic E-state index is 0.355. The van der Waals surface area contributed by atoms with Crippen LogP contribution in [0.25, 0.3) is 0 Å². The van der Waals surface area contributed by atoms with Crippen LogP contribution in [0.1, 0.15) is 46.0 Å². The Morgan fingerprint density at radius 1 is 1.14 bits per heavy atom. The van der Waals surface area contributed by atoms with Crippen LogP contribution >= 0.6 is 0 Å². The number of aliphatic hydroxyl groups excluding tert-OH is 2. The van der Waals surface area contributed by atoms with E-state index < -0.39 is 6.23 Å². The fourth-order valence-corrected chi connectivity index (χ4v) is 2.32. The average molecular weight is 201 g/mol. The lowest BCUT2D eigenvalue weighted by molar-refractivity contribution is -0.0431. The summed E-state index contributed by atoms with van der Waals surface area (Å²) in [7, 11) is 0. The van der Waals surface area contributed by atoms with Crippen LogP contribution in [0.15, 0.2) is 0 Å². The summed E-state index contributed by atoms with van der Waals surface area (Å²) in [5.41, 5.74) is 0. The summed E-state index contributed by atoms with van der Waals surface area (Å²) in [6.07, 6.45) is 5.37. The normalized spacial score (nSPS) is 23.8. The van der Waals surface area contributed by atoms with Crippen molar-refractivity contribution in [2.75, 3.05) is 6.54 Å². The van der Waals surface area contributed by atoms with Crippen molar-refractivity contribution in [3.63, 3.8) is 0 Å². The van der Waals surface area contributed by atoms with Gasteiger partial charge in [-0.05, 0) is 26.7 Å². The van der Waals surface area contributed by atoms with E-state index in [-0.39, 0.29) is 6.10 Å². The molecule has 1 aliphatic rings. The number of hydrogen-bond donors (Lipinski definition) is 2. The maximum absolute atomic E-state index is 9.63. The first-order chi connectivity index (χ1) is 6.61. The van der Waals surface area contributed by atoms with Gasteiger partial charge in [-0.15, -0.1) is 0 Å². The fraction of sp³-hybridized carbons (Fsp3) is 1.00. The average Bonchev–Trinajstić information content (AvgIpc) is 2.15. The molecular formula is C11H23NO2. The largest absolute Gasteiger partial charge is 0.392 e. The summed E-state index contributed by atoms with van der Waals surface area (Å²) >= 11 is 0. The number of rotatable bonds is 4. The lowest BCUT2D eigenvalue weighted by Crippen LogP contribution is -2.46. The zero-order valence-corrected chi connectivity index (χ0v) is 9.32. The molecule has 3 nitrogen and oxygen atoms in total. The van der Waals surface area contributed by atoms with Crippen molar-refractivity contribution in [1.29, 1.82) is 0 Å². The Balaban J connectivity index is 2.47. The van der Waals surface area contributed by atoms with Gasteiger partial charge >= 0.3 is 0 Å². The second-order valence-electron chi connectivity index (χ2n) is 4.47. The molecule has 0 radical (unpaired) electrons. The van der Waals surface area contributed by atoms with Gasteiger partial charge < -0.3 is 10.2 Å². The van der Waals surface area contributed by atoms with Gasteiger partial charge in [0.05, 0.1) is 6.10 Å². The van der Waals surface area contributed by atoms with Gasteiger partial charge in [0.25, 0.3) is 0 Å². The van der Waals surface area contributed by atoms with Gasteiger partial charge in [-0.3, -0.25) is 4.90 Å². The minimum atomic E-state index is -0.437. The second kappa shape index (κ2) is 5.69. The van der Waals surface area contributed by atoms with E-state index in [4.69, 9.17) is 0 Å². The third-order valence-electron chi connectivity index (χ3n) is 3.00. The summed E-state index contributed by atoms with van der Waals surface area (Å²) in [4.78, 5) is 2.03. The van der Waals surface area contributed by atoms with E-state index in [1.165, 1.54) is 19.3 Å². The van der Waals surface area contributed by atoms with Crippen molar-refractivity contribution >= 4 is 0 Å². The topological polar surface area (TPSA) is 43.7 Å². The standard InChI is InChI=1S/C11H23NO2/c1-9(13)8-12(10(2)14)11-6-4-3-5-7-11/h9-11,13-14H,3-8H2,1-2H3. The van der Waals surface area contributed by atoms with E-state index in [1.54, 1.807) is 13.8 Å². The molecule has 0 aliphatic heterocycles. The van der Waals surface area contributed by atoms with Crippen molar-refractivity contribution in [2.45, 2.75) is 64.3 Å². The van der Waals surface area contributed by atoms with Crippen LogP contribution in [0, 0.1) is 0 Å². The molecule has 0 aromatic carbocycles. The molecule has 0 bridgehead atoms. The predicted octanol–water partition coefficient (Wildman–Crippen LogP) is 1.34. The molecule has 2 N–H and O–H groups in total. The van der Waals surface area contributed by atoms with E-state index in [2.05, 4.69) is 0 Å². The molecule has 0 saturated heterocycles. The molecule has 3 heteroatoms. The third-order valence-corrected chi connectivity index (χ3v) is 3.00. The number of aliphatic hydroxyl groups is 2. The van der Waals surface area contributed by atoms with Crippen molar-refractivity contribution in [3.8, 4) is 0 Å². The van der Waals surface area contributed by atoms with Crippen LogP contribution in [0.3, 0.4) is 0 Å². The smallest absolute Gasteiger partial charge is 0.104 e. The Morgan fingerprint density at radius 3 is 2.14 bits per heavy atom. The maximum Gasteiger partial charge on any atom is 0.104 e. The van der Waals surface area contributed by atoms with Crippen LogP contribution in [0.4, 0.5) is 0 Å². The minimum Gasteiger partial charge on any atom is -0.392 e. The summed E-state index contributed by atoms with van der Waals surface area (Å²) in [5.74, 6) is 0. The molecule has 1 aliphatic carbocycles. The Labute approximate surface area is 86.7 Å². The van der Waals surface area contributed by atoms with Crippen LogP contribution < -0.4 is 0 Å². The van der Waals surface area contributed by atoms with E-state index in [9.17, 15) is 10.2 Å². The second-order valence-corrected chi connectivity index (χ2v) is 4.47. The van der Waals surface area contributed by atoms with Gasteiger partial charge in [-0.2, -0.15) is 0 Å². The molecule has 1 saturated carbocycles.